The van der Waals surface area contributed by atoms with Crippen LogP contribution in [0.4, 0.5) is 5.82 Å². The van der Waals surface area contributed by atoms with Gasteiger partial charge in [0.25, 0.3) is 0 Å². The Balaban J connectivity index is 2.24. The molecule has 94 valence electrons. The summed E-state index contributed by atoms with van der Waals surface area (Å²) in [4.78, 5) is 6.67. The smallest absolute Gasteiger partial charge is 0.129 e. The highest BCUT2D eigenvalue weighted by atomic mass is 16.3. The molecular weight excluding hydrogens is 216 g/mol. The Morgan fingerprint density at radius 2 is 2.12 bits per heavy atom. The Kier molecular flexibility index (Phi) is 3.97. The molecule has 0 amide bonds. The third kappa shape index (κ3) is 2.76. The van der Waals surface area contributed by atoms with Gasteiger partial charge in [-0.2, -0.15) is 0 Å². The molecule has 0 unspecified atom stereocenters. The van der Waals surface area contributed by atoms with Crippen molar-refractivity contribution in [2.45, 2.75) is 38.8 Å². The molecule has 4 heteroatoms. The first-order valence-electron chi connectivity index (χ1n) is 6.20. The number of anilines is 1. The average Bonchev–Trinajstić information content (AvgIpc) is 2.25. The van der Waals surface area contributed by atoms with E-state index < -0.39 is 0 Å². The fourth-order valence-corrected chi connectivity index (χ4v) is 2.25. The maximum absolute atomic E-state index is 9.21. The molecule has 1 fully saturated rings. The summed E-state index contributed by atoms with van der Waals surface area (Å²) in [5, 5.41) is 18.4. The van der Waals surface area contributed by atoms with E-state index in [1.807, 2.05) is 19.1 Å². The van der Waals surface area contributed by atoms with Crippen LogP contribution < -0.4 is 4.90 Å². The number of aromatic nitrogens is 1. The molecule has 1 aliphatic carbocycles. The first-order valence-corrected chi connectivity index (χ1v) is 6.20. The molecule has 2 N–H and O–H groups in total. The third-order valence-electron chi connectivity index (χ3n) is 3.33. The van der Waals surface area contributed by atoms with E-state index in [1.54, 1.807) is 0 Å². The van der Waals surface area contributed by atoms with Gasteiger partial charge in [0.1, 0.15) is 5.82 Å². The van der Waals surface area contributed by atoms with Crippen LogP contribution in [0.15, 0.2) is 12.1 Å². The summed E-state index contributed by atoms with van der Waals surface area (Å²) < 4.78 is 0. The first-order chi connectivity index (χ1) is 8.24. The van der Waals surface area contributed by atoms with Gasteiger partial charge in [-0.1, -0.05) is 0 Å². The van der Waals surface area contributed by atoms with Crippen LogP contribution in [0, 0.1) is 6.92 Å². The molecule has 2 rings (SSSR count). The second-order valence-electron chi connectivity index (χ2n) is 4.63. The van der Waals surface area contributed by atoms with Gasteiger partial charge in [0.15, 0.2) is 0 Å². The van der Waals surface area contributed by atoms with Crippen LogP contribution in [0.3, 0.4) is 0 Å². The summed E-state index contributed by atoms with van der Waals surface area (Å²) in [6, 6.07) is 4.31. The number of aliphatic hydroxyl groups excluding tert-OH is 2. The molecule has 1 aliphatic rings. The van der Waals surface area contributed by atoms with Crippen molar-refractivity contribution in [2.24, 2.45) is 0 Å². The SMILES string of the molecule is Cc1cc(CO)cc(N(CCO)C2CCC2)n1. The molecule has 0 saturated heterocycles. The molecule has 1 heterocycles. The lowest BCUT2D eigenvalue weighted by Gasteiger charge is -2.38. The second kappa shape index (κ2) is 5.47. The van der Waals surface area contributed by atoms with Gasteiger partial charge < -0.3 is 15.1 Å². The van der Waals surface area contributed by atoms with Crippen molar-refractivity contribution in [3.63, 3.8) is 0 Å². The van der Waals surface area contributed by atoms with Crippen molar-refractivity contribution in [3.8, 4) is 0 Å². The molecule has 0 aromatic carbocycles. The zero-order valence-electron chi connectivity index (χ0n) is 10.3. The summed E-state index contributed by atoms with van der Waals surface area (Å²) in [5.41, 5.74) is 1.79. The van der Waals surface area contributed by atoms with Gasteiger partial charge >= 0.3 is 0 Å². The van der Waals surface area contributed by atoms with Crippen LogP contribution >= 0.6 is 0 Å². The number of rotatable bonds is 5. The van der Waals surface area contributed by atoms with Gasteiger partial charge in [0, 0.05) is 18.3 Å². The van der Waals surface area contributed by atoms with Gasteiger partial charge in [-0.25, -0.2) is 4.98 Å². The van der Waals surface area contributed by atoms with Crippen LogP contribution in [-0.2, 0) is 6.61 Å². The summed E-state index contributed by atoms with van der Waals surface area (Å²) in [6.45, 7) is 2.72. The fourth-order valence-electron chi connectivity index (χ4n) is 2.25. The quantitative estimate of drug-likeness (QED) is 0.807. The predicted octanol–water partition coefficient (Wildman–Crippen LogP) is 1.23. The molecule has 0 bridgehead atoms. The van der Waals surface area contributed by atoms with Crippen molar-refractivity contribution in [1.29, 1.82) is 0 Å². The highest BCUT2D eigenvalue weighted by molar-refractivity contribution is 5.44. The molecule has 17 heavy (non-hydrogen) atoms. The van der Waals surface area contributed by atoms with E-state index in [-0.39, 0.29) is 13.2 Å². The van der Waals surface area contributed by atoms with Crippen molar-refractivity contribution in [3.05, 3.63) is 23.4 Å². The molecule has 1 aromatic rings. The Morgan fingerprint density at radius 3 is 2.65 bits per heavy atom. The van der Waals surface area contributed by atoms with Crippen molar-refractivity contribution < 1.29 is 10.2 Å². The average molecular weight is 236 g/mol. The molecule has 0 radical (unpaired) electrons. The molecule has 4 nitrogen and oxygen atoms in total. The van der Waals surface area contributed by atoms with E-state index in [2.05, 4.69) is 9.88 Å². The minimum atomic E-state index is 0.0357. The lowest BCUT2D eigenvalue weighted by Crippen LogP contribution is -2.42. The van der Waals surface area contributed by atoms with E-state index in [1.165, 1.54) is 19.3 Å². The normalized spacial score (nSPS) is 15.7. The maximum Gasteiger partial charge on any atom is 0.129 e. The number of hydrogen-bond donors (Lipinski definition) is 2. The van der Waals surface area contributed by atoms with Crippen LogP contribution in [0.1, 0.15) is 30.5 Å². The third-order valence-corrected chi connectivity index (χ3v) is 3.33. The zero-order valence-corrected chi connectivity index (χ0v) is 10.3. The molecular formula is C13H20N2O2. The van der Waals surface area contributed by atoms with E-state index in [0.717, 1.165) is 17.1 Å². The van der Waals surface area contributed by atoms with Crippen molar-refractivity contribution >= 4 is 5.82 Å². The number of aliphatic hydroxyl groups is 2. The van der Waals surface area contributed by atoms with E-state index >= 15 is 0 Å². The van der Waals surface area contributed by atoms with Gasteiger partial charge in [-0.15, -0.1) is 0 Å². The van der Waals surface area contributed by atoms with Crippen LogP contribution in [0.25, 0.3) is 0 Å². The number of pyridine rings is 1. The molecule has 1 aromatic heterocycles. The standard InChI is InChI=1S/C13H20N2O2/c1-10-7-11(9-17)8-13(14-10)15(5-6-16)12-3-2-4-12/h7-8,12,16-17H,2-6,9H2,1H3. The maximum atomic E-state index is 9.21. The van der Waals surface area contributed by atoms with Crippen LogP contribution in [0.5, 0.6) is 0 Å². The van der Waals surface area contributed by atoms with Gasteiger partial charge in [-0.05, 0) is 43.9 Å². The summed E-state index contributed by atoms with van der Waals surface area (Å²) in [7, 11) is 0. The summed E-state index contributed by atoms with van der Waals surface area (Å²) >= 11 is 0. The topological polar surface area (TPSA) is 56.6 Å². The van der Waals surface area contributed by atoms with Gasteiger partial charge in [0.2, 0.25) is 0 Å². The Labute approximate surface area is 102 Å². The monoisotopic (exact) mass is 236 g/mol. The Hall–Kier alpha value is -1.13. The first kappa shape index (κ1) is 12.3. The van der Waals surface area contributed by atoms with Crippen molar-refractivity contribution in [2.75, 3.05) is 18.1 Å². The minimum absolute atomic E-state index is 0.0357. The van der Waals surface area contributed by atoms with E-state index in [0.29, 0.717) is 12.6 Å². The van der Waals surface area contributed by atoms with Crippen LogP contribution in [-0.4, -0.2) is 34.4 Å². The zero-order chi connectivity index (χ0) is 12.3. The molecule has 0 aliphatic heterocycles. The summed E-state index contributed by atoms with van der Waals surface area (Å²) in [6.07, 6.45) is 3.60. The van der Waals surface area contributed by atoms with Gasteiger partial charge in [0.05, 0.1) is 13.2 Å². The summed E-state index contributed by atoms with van der Waals surface area (Å²) in [5.74, 6) is 0.882. The van der Waals surface area contributed by atoms with Crippen LogP contribution in [0.2, 0.25) is 0 Å². The molecule has 1 saturated carbocycles. The highest BCUT2D eigenvalue weighted by Gasteiger charge is 2.25. The molecule has 0 atom stereocenters. The lowest BCUT2D eigenvalue weighted by atomic mass is 9.91. The number of hydrogen-bond acceptors (Lipinski definition) is 4. The number of aryl methyl sites for hydroxylation is 1. The fraction of sp³-hybridized carbons (Fsp3) is 0.615. The predicted molar refractivity (Wildman–Crippen MR) is 67.0 cm³/mol. The van der Waals surface area contributed by atoms with Crippen molar-refractivity contribution in [1.82, 2.24) is 4.98 Å². The Bertz CT molecular complexity index is 378. The highest BCUT2D eigenvalue weighted by Crippen LogP contribution is 2.28. The molecule has 0 spiro atoms. The Morgan fingerprint density at radius 1 is 1.35 bits per heavy atom. The lowest BCUT2D eigenvalue weighted by molar-refractivity contribution is 0.279. The van der Waals surface area contributed by atoms with E-state index in [4.69, 9.17) is 5.11 Å². The number of nitrogens with zero attached hydrogens (tertiary/aromatic N) is 2. The minimum Gasteiger partial charge on any atom is -0.395 e. The second-order valence-corrected chi connectivity index (χ2v) is 4.63. The largest absolute Gasteiger partial charge is 0.395 e. The van der Waals surface area contributed by atoms with E-state index in [9.17, 15) is 5.11 Å². The van der Waals surface area contributed by atoms with Gasteiger partial charge in [-0.3, -0.25) is 0 Å².